The minimum atomic E-state index is -0.952. The number of hydrogen-bond acceptors (Lipinski definition) is 5. The van der Waals surface area contributed by atoms with Crippen molar-refractivity contribution < 1.29 is 27.9 Å². The first-order valence-electron chi connectivity index (χ1n) is 10.1. The Balaban J connectivity index is -0.000000599. The maximum Gasteiger partial charge on any atom is 0.408 e. The molecule has 0 heterocycles. The van der Waals surface area contributed by atoms with E-state index >= 15 is 0 Å². The van der Waals surface area contributed by atoms with Crippen molar-refractivity contribution in [3.63, 3.8) is 0 Å². The number of carbonyl (C=O) groups is 3. The molecule has 2 aromatic carbocycles. The predicted octanol–water partition coefficient (Wildman–Crippen LogP) is 2.58. The van der Waals surface area contributed by atoms with Gasteiger partial charge in [-0.2, -0.15) is 27.0 Å². The summed E-state index contributed by atoms with van der Waals surface area (Å²) in [6, 6.07) is 9.99. The highest BCUT2D eigenvalue weighted by molar-refractivity contribution is 7.59. The van der Waals surface area contributed by atoms with Crippen molar-refractivity contribution in [3.05, 3.63) is 71.3 Å². The minimum Gasteiger partial charge on any atom is -0.444 e. The first kappa shape index (κ1) is 38.0. The van der Waals surface area contributed by atoms with Gasteiger partial charge >= 0.3 is 6.09 Å². The monoisotopic (exact) mass is 568 g/mol. The Labute approximate surface area is 230 Å². The summed E-state index contributed by atoms with van der Waals surface area (Å²) in [7, 11) is 0. The van der Waals surface area contributed by atoms with Gasteiger partial charge in [0, 0.05) is 6.42 Å². The fourth-order valence-corrected chi connectivity index (χ4v) is 2.59. The van der Waals surface area contributed by atoms with Crippen LogP contribution in [0.25, 0.3) is 0 Å². The molecule has 8 nitrogen and oxygen atoms in total. The van der Waals surface area contributed by atoms with Gasteiger partial charge in [0.1, 0.15) is 23.3 Å². The second-order valence-corrected chi connectivity index (χ2v) is 8.28. The van der Waals surface area contributed by atoms with E-state index < -0.39 is 41.4 Å². The zero-order valence-corrected chi connectivity index (χ0v) is 23.0. The highest BCUT2D eigenvalue weighted by Gasteiger charge is 2.23. The number of benzene rings is 2. The SMILES string of the molecule is CC(C)(C)OC(=O)N[C@@H](Cc1cccc(F)c1)C(N)=O.Cl.NC(=O)[C@@H](N)Cc1cccc(F)c1.S.S. The van der Waals surface area contributed by atoms with E-state index in [4.69, 9.17) is 21.9 Å². The molecule has 0 fully saturated rings. The number of alkyl carbamates (subject to hydrolysis) is 1. The standard InChI is InChI=1S/C14H19FN2O3.C9H11FN2O.ClH.2H2S/c1-14(2,3)20-13(19)17-11(12(16)18)8-9-5-4-6-10(15)7-9;10-7-3-1-2-6(4-7)5-8(11)9(12)13;;;/h4-7,11H,8H2,1-3H3,(H2,16,18)(H,17,19);1-4,8H,5,11H2,(H2,12,13);1H;2*1H2/t11-;8-;;;/m00.../s1. The van der Waals surface area contributed by atoms with Gasteiger partial charge in [-0.25, -0.2) is 13.6 Å². The zero-order chi connectivity index (χ0) is 25.2. The van der Waals surface area contributed by atoms with E-state index in [0.29, 0.717) is 11.1 Å². The Bertz CT molecular complexity index is 981. The molecule has 3 amide bonds. The molecule has 36 heavy (non-hydrogen) atoms. The molecule has 0 spiro atoms. The van der Waals surface area contributed by atoms with Crippen LogP contribution in [0.2, 0.25) is 0 Å². The Kier molecular flexibility index (Phi) is 18.8. The number of halogens is 3. The molecule has 13 heteroatoms. The van der Waals surface area contributed by atoms with Gasteiger partial charge in [0.2, 0.25) is 11.8 Å². The number of rotatable bonds is 7. The summed E-state index contributed by atoms with van der Waals surface area (Å²) in [5.74, 6) is -2.04. The normalized spacial score (nSPS) is 11.5. The van der Waals surface area contributed by atoms with Gasteiger partial charge in [-0.15, -0.1) is 12.4 Å². The summed E-state index contributed by atoms with van der Waals surface area (Å²) in [6.45, 7) is 5.12. The van der Waals surface area contributed by atoms with Gasteiger partial charge in [0.25, 0.3) is 0 Å². The van der Waals surface area contributed by atoms with Gasteiger partial charge in [-0.05, 0) is 62.6 Å². The lowest BCUT2D eigenvalue weighted by molar-refractivity contribution is -0.120. The maximum absolute atomic E-state index is 13.1. The molecule has 204 valence electrons. The summed E-state index contributed by atoms with van der Waals surface area (Å²) < 4.78 is 30.8. The number of amides is 3. The van der Waals surface area contributed by atoms with Crippen LogP contribution in [0.5, 0.6) is 0 Å². The van der Waals surface area contributed by atoms with Crippen molar-refractivity contribution in [3.8, 4) is 0 Å². The van der Waals surface area contributed by atoms with Crippen LogP contribution in [-0.2, 0) is 27.2 Å². The number of hydrogen-bond donors (Lipinski definition) is 4. The van der Waals surface area contributed by atoms with Gasteiger partial charge in [-0.1, -0.05) is 24.3 Å². The molecular formula is C23H35ClF2N4O4S2. The third-order valence-electron chi connectivity index (χ3n) is 4.07. The van der Waals surface area contributed by atoms with E-state index in [2.05, 4.69) is 5.32 Å². The van der Waals surface area contributed by atoms with Crippen molar-refractivity contribution in [2.45, 2.75) is 51.3 Å². The number of carbonyl (C=O) groups excluding carboxylic acids is 3. The Hall–Kier alpha value is -2.54. The van der Waals surface area contributed by atoms with Crippen LogP contribution in [0.3, 0.4) is 0 Å². The summed E-state index contributed by atoms with van der Waals surface area (Å²) in [5, 5.41) is 2.38. The Morgan fingerprint density at radius 1 is 0.889 bits per heavy atom. The maximum atomic E-state index is 13.1. The van der Waals surface area contributed by atoms with Crippen LogP contribution in [0.4, 0.5) is 13.6 Å². The van der Waals surface area contributed by atoms with Crippen molar-refractivity contribution >= 4 is 57.3 Å². The lowest BCUT2D eigenvalue weighted by atomic mass is 10.1. The van der Waals surface area contributed by atoms with E-state index in [9.17, 15) is 23.2 Å². The average molecular weight is 569 g/mol. The topological polar surface area (TPSA) is 151 Å². The van der Waals surface area contributed by atoms with Crippen LogP contribution in [0.15, 0.2) is 48.5 Å². The van der Waals surface area contributed by atoms with E-state index in [1.54, 1.807) is 39.0 Å². The van der Waals surface area contributed by atoms with Crippen molar-refractivity contribution in [1.29, 1.82) is 0 Å². The molecule has 0 aliphatic rings. The van der Waals surface area contributed by atoms with E-state index in [-0.39, 0.29) is 58.1 Å². The molecule has 2 rings (SSSR count). The summed E-state index contributed by atoms with van der Waals surface area (Å²) in [6.07, 6.45) is -0.364. The minimum absolute atomic E-state index is 0. The first-order valence-corrected chi connectivity index (χ1v) is 10.1. The second kappa shape index (κ2) is 17.8. The zero-order valence-electron chi connectivity index (χ0n) is 20.2. The summed E-state index contributed by atoms with van der Waals surface area (Å²) >= 11 is 0. The van der Waals surface area contributed by atoms with Crippen LogP contribution in [0, 0.1) is 11.6 Å². The number of primary amides is 2. The molecule has 0 bridgehead atoms. The van der Waals surface area contributed by atoms with Crippen molar-refractivity contribution in [2.75, 3.05) is 0 Å². The third-order valence-corrected chi connectivity index (χ3v) is 4.07. The molecule has 0 aliphatic carbocycles. The fraction of sp³-hybridized carbons (Fsp3) is 0.348. The highest BCUT2D eigenvalue weighted by Crippen LogP contribution is 2.09. The molecule has 7 N–H and O–H groups in total. The van der Waals surface area contributed by atoms with Crippen LogP contribution < -0.4 is 22.5 Å². The fourth-order valence-electron chi connectivity index (χ4n) is 2.59. The molecule has 0 saturated heterocycles. The van der Waals surface area contributed by atoms with E-state index in [0.717, 1.165) is 0 Å². The van der Waals surface area contributed by atoms with Crippen molar-refractivity contribution in [2.24, 2.45) is 17.2 Å². The lowest BCUT2D eigenvalue weighted by Gasteiger charge is -2.22. The lowest BCUT2D eigenvalue weighted by Crippen LogP contribution is -2.47. The number of nitrogens with two attached hydrogens (primary N) is 3. The Morgan fingerprint density at radius 2 is 1.33 bits per heavy atom. The molecule has 0 radical (unpaired) electrons. The van der Waals surface area contributed by atoms with E-state index in [1.165, 1.54) is 30.3 Å². The molecule has 0 aromatic heterocycles. The predicted molar refractivity (Wildman–Crippen MR) is 148 cm³/mol. The van der Waals surface area contributed by atoms with Crippen molar-refractivity contribution in [1.82, 2.24) is 5.32 Å². The summed E-state index contributed by atoms with van der Waals surface area (Å²) in [5.41, 5.74) is 16.2. The van der Waals surface area contributed by atoms with Gasteiger partial charge in [-0.3, -0.25) is 9.59 Å². The number of ether oxygens (including phenoxy) is 1. The molecule has 2 aromatic rings. The molecule has 0 unspecified atom stereocenters. The van der Waals surface area contributed by atoms with Crippen LogP contribution >= 0.6 is 39.4 Å². The molecular weight excluding hydrogens is 534 g/mol. The Morgan fingerprint density at radius 3 is 1.69 bits per heavy atom. The molecule has 0 saturated carbocycles. The van der Waals surface area contributed by atoms with Gasteiger partial charge < -0.3 is 27.3 Å². The smallest absolute Gasteiger partial charge is 0.408 e. The highest BCUT2D eigenvalue weighted by atomic mass is 35.5. The second-order valence-electron chi connectivity index (χ2n) is 8.28. The van der Waals surface area contributed by atoms with Crippen LogP contribution in [-0.4, -0.2) is 35.6 Å². The van der Waals surface area contributed by atoms with Gasteiger partial charge in [0.05, 0.1) is 6.04 Å². The first-order chi connectivity index (χ1) is 15.3. The molecule has 2 atom stereocenters. The largest absolute Gasteiger partial charge is 0.444 e. The number of nitrogens with one attached hydrogen (secondary N) is 1. The summed E-state index contributed by atoms with van der Waals surface area (Å²) in [4.78, 5) is 33.6. The quantitative estimate of drug-likeness (QED) is 0.405. The molecule has 0 aliphatic heterocycles. The van der Waals surface area contributed by atoms with E-state index in [1.807, 2.05) is 0 Å². The van der Waals surface area contributed by atoms with Gasteiger partial charge in [0.15, 0.2) is 0 Å². The third kappa shape index (κ3) is 16.2. The van der Waals surface area contributed by atoms with Crippen LogP contribution in [0.1, 0.15) is 31.9 Å². The average Bonchev–Trinajstić information content (AvgIpc) is 2.66.